The number of carbonyl (C=O) groups excluding carboxylic acids is 1. The van der Waals surface area contributed by atoms with Crippen LogP contribution in [0.25, 0.3) is 0 Å². The summed E-state index contributed by atoms with van der Waals surface area (Å²) in [5.74, 6) is 1.26. The second-order valence-electron chi connectivity index (χ2n) is 4.60. The first-order chi connectivity index (χ1) is 9.28. The highest BCUT2D eigenvalue weighted by molar-refractivity contribution is 5.92. The molecule has 0 atom stereocenters. The summed E-state index contributed by atoms with van der Waals surface area (Å²) >= 11 is 0. The van der Waals surface area contributed by atoms with E-state index in [-0.39, 0.29) is 12.5 Å². The molecular formula is C14H17N3O2. The molecule has 19 heavy (non-hydrogen) atoms. The second-order valence-corrected chi connectivity index (χ2v) is 4.60. The highest BCUT2D eigenvalue weighted by atomic mass is 16.5. The van der Waals surface area contributed by atoms with Crippen LogP contribution >= 0.6 is 0 Å². The number of hydrogen-bond acceptors (Lipinski definition) is 4. The van der Waals surface area contributed by atoms with Gasteiger partial charge in [0.25, 0.3) is 0 Å². The lowest BCUT2D eigenvalue weighted by atomic mass is 10.3. The fourth-order valence-corrected chi connectivity index (χ4v) is 1.70. The van der Waals surface area contributed by atoms with E-state index in [0.717, 1.165) is 12.5 Å². The molecule has 2 rings (SSSR count). The third kappa shape index (κ3) is 4.98. The van der Waals surface area contributed by atoms with Gasteiger partial charge in [0.1, 0.15) is 11.8 Å². The minimum atomic E-state index is -0.0712. The summed E-state index contributed by atoms with van der Waals surface area (Å²) in [6.45, 7) is 1.23. The predicted octanol–water partition coefficient (Wildman–Crippen LogP) is 1.53. The quantitative estimate of drug-likeness (QED) is 0.778. The molecule has 1 aromatic rings. The van der Waals surface area contributed by atoms with Crippen molar-refractivity contribution in [2.75, 3.05) is 25.0 Å². The van der Waals surface area contributed by atoms with Gasteiger partial charge in [-0.2, -0.15) is 5.26 Å². The third-order valence-electron chi connectivity index (χ3n) is 2.84. The van der Waals surface area contributed by atoms with Crippen molar-refractivity contribution in [2.24, 2.45) is 5.92 Å². The van der Waals surface area contributed by atoms with E-state index in [0.29, 0.717) is 18.0 Å². The van der Waals surface area contributed by atoms with E-state index in [9.17, 15) is 4.79 Å². The Morgan fingerprint density at radius 2 is 2.32 bits per heavy atom. The molecule has 1 fully saturated rings. The lowest BCUT2D eigenvalue weighted by Crippen LogP contribution is -2.29. The fraction of sp³-hybridized carbons (Fsp3) is 0.429. The van der Waals surface area contributed by atoms with Crippen LogP contribution in [-0.4, -0.2) is 25.6 Å². The molecule has 0 unspecified atom stereocenters. The first-order valence-corrected chi connectivity index (χ1v) is 6.38. The maximum Gasteiger partial charge on any atom is 0.238 e. The molecular weight excluding hydrogens is 242 g/mol. The normalized spacial score (nSPS) is 13.6. The number of hydrogen-bond donors (Lipinski definition) is 2. The van der Waals surface area contributed by atoms with E-state index in [4.69, 9.17) is 10.00 Å². The van der Waals surface area contributed by atoms with Crippen molar-refractivity contribution >= 4 is 11.6 Å². The predicted molar refractivity (Wildman–Crippen MR) is 71.8 cm³/mol. The summed E-state index contributed by atoms with van der Waals surface area (Å²) in [7, 11) is 0. The highest BCUT2D eigenvalue weighted by Gasteiger charge is 2.20. The summed E-state index contributed by atoms with van der Waals surface area (Å²) in [5, 5.41) is 14.4. The fourth-order valence-electron chi connectivity index (χ4n) is 1.70. The van der Waals surface area contributed by atoms with E-state index in [1.165, 1.54) is 12.8 Å². The molecule has 0 aliphatic heterocycles. The molecule has 5 nitrogen and oxygen atoms in total. The van der Waals surface area contributed by atoms with Gasteiger partial charge < -0.3 is 15.4 Å². The van der Waals surface area contributed by atoms with Gasteiger partial charge in [0.05, 0.1) is 6.54 Å². The Labute approximate surface area is 112 Å². The van der Waals surface area contributed by atoms with E-state index in [1.807, 2.05) is 6.07 Å². The largest absolute Gasteiger partial charge is 0.479 e. The van der Waals surface area contributed by atoms with Crippen LogP contribution in [0.4, 0.5) is 5.69 Å². The zero-order valence-corrected chi connectivity index (χ0v) is 10.7. The number of carbonyl (C=O) groups is 1. The SMILES string of the molecule is N#CCOc1cccc(NC(=O)CNCC2CC2)c1. The van der Waals surface area contributed by atoms with Crippen LogP contribution in [0.3, 0.4) is 0 Å². The van der Waals surface area contributed by atoms with Crippen LogP contribution in [-0.2, 0) is 4.79 Å². The Morgan fingerprint density at radius 3 is 3.05 bits per heavy atom. The number of amides is 1. The highest BCUT2D eigenvalue weighted by Crippen LogP contribution is 2.27. The zero-order valence-electron chi connectivity index (χ0n) is 10.7. The van der Waals surface area contributed by atoms with Crippen molar-refractivity contribution in [1.29, 1.82) is 5.26 Å². The molecule has 0 aromatic heterocycles. The molecule has 1 saturated carbocycles. The van der Waals surface area contributed by atoms with Crippen molar-refractivity contribution in [3.05, 3.63) is 24.3 Å². The van der Waals surface area contributed by atoms with Crippen LogP contribution in [0, 0.1) is 17.2 Å². The number of anilines is 1. The Bertz CT molecular complexity index is 478. The van der Waals surface area contributed by atoms with Crippen LogP contribution < -0.4 is 15.4 Å². The van der Waals surface area contributed by atoms with Gasteiger partial charge in [-0.15, -0.1) is 0 Å². The maximum atomic E-state index is 11.7. The number of nitrogens with one attached hydrogen (secondary N) is 2. The average Bonchev–Trinajstić information content (AvgIpc) is 3.21. The van der Waals surface area contributed by atoms with Gasteiger partial charge in [0.15, 0.2) is 6.61 Å². The average molecular weight is 259 g/mol. The molecule has 1 amide bonds. The van der Waals surface area contributed by atoms with E-state index in [2.05, 4.69) is 10.6 Å². The summed E-state index contributed by atoms with van der Waals surface area (Å²) in [6.07, 6.45) is 2.54. The molecule has 0 spiro atoms. The van der Waals surface area contributed by atoms with Crippen LogP contribution in [0.5, 0.6) is 5.75 Å². The number of nitriles is 1. The number of rotatable bonds is 7. The van der Waals surface area contributed by atoms with Crippen LogP contribution in [0.15, 0.2) is 24.3 Å². The first-order valence-electron chi connectivity index (χ1n) is 6.38. The summed E-state index contributed by atoms with van der Waals surface area (Å²) in [6, 6.07) is 8.92. The van der Waals surface area contributed by atoms with Gasteiger partial charge >= 0.3 is 0 Å². The Balaban J connectivity index is 1.76. The van der Waals surface area contributed by atoms with E-state index in [1.54, 1.807) is 24.3 Å². The summed E-state index contributed by atoms with van der Waals surface area (Å²) in [4.78, 5) is 11.7. The molecule has 0 radical (unpaired) electrons. The van der Waals surface area contributed by atoms with Crippen molar-refractivity contribution < 1.29 is 9.53 Å². The van der Waals surface area contributed by atoms with Gasteiger partial charge in [-0.25, -0.2) is 0 Å². The van der Waals surface area contributed by atoms with E-state index >= 15 is 0 Å². The van der Waals surface area contributed by atoms with Gasteiger partial charge in [-0.1, -0.05) is 6.07 Å². The molecule has 0 heterocycles. The lowest BCUT2D eigenvalue weighted by molar-refractivity contribution is -0.115. The molecule has 0 bridgehead atoms. The third-order valence-corrected chi connectivity index (χ3v) is 2.84. The smallest absolute Gasteiger partial charge is 0.238 e. The van der Waals surface area contributed by atoms with Crippen molar-refractivity contribution in [3.8, 4) is 11.8 Å². The van der Waals surface area contributed by atoms with Crippen molar-refractivity contribution in [3.63, 3.8) is 0 Å². The number of ether oxygens (including phenoxy) is 1. The first kappa shape index (κ1) is 13.4. The zero-order chi connectivity index (χ0) is 13.5. The van der Waals surface area contributed by atoms with E-state index < -0.39 is 0 Å². The minimum Gasteiger partial charge on any atom is -0.479 e. The van der Waals surface area contributed by atoms with Gasteiger partial charge in [0.2, 0.25) is 5.91 Å². The second kappa shape index (κ2) is 6.76. The summed E-state index contributed by atoms with van der Waals surface area (Å²) < 4.78 is 5.17. The van der Waals surface area contributed by atoms with Crippen molar-refractivity contribution in [1.82, 2.24) is 5.32 Å². The van der Waals surface area contributed by atoms with Gasteiger partial charge in [0, 0.05) is 11.8 Å². The minimum absolute atomic E-state index is 0.000341. The molecule has 0 saturated heterocycles. The Hall–Kier alpha value is -2.06. The Morgan fingerprint density at radius 1 is 1.47 bits per heavy atom. The molecule has 100 valence electrons. The number of nitrogens with zero attached hydrogens (tertiary/aromatic N) is 1. The topological polar surface area (TPSA) is 74.1 Å². The number of benzene rings is 1. The van der Waals surface area contributed by atoms with Gasteiger partial charge in [-0.3, -0.25) is 4.79 Å². The van der Waals surface area contributed by atoms with Crippen LogP contribution in [0.2, 0.25) is 0 Å². The molecule has 1 aliphatic carbocycles. The summed E-state index contributed by atoms with van der Waals surface area (Å²) in [5.41, 5.74) is 0.675. The Kier molecular flexibility index (Phi) is 4.76. The molecule has 1 aromatic carbocycles. The molecule has 5 heteroatoms. The maximum absolute atomic E-state index is 11.7. The molecule has 2 N–H and O–H groups in total. The molecule has 1 aliphatic rings. The standard InChI is InChI=1S/C14H17N3O2/c15-6-7-19-13-3-1-2-12(8-13)17-14(18)10-16-9-11-4-5-11/h1-3,8,11,16H,4-5,7,9-10H2,(H,17,18). The van der Waals surface area contributed by atoms with Gasteiger partial charge in [-0.05, 0) is 37.4 Å². The van der Waals surface area contributed by atoms with Crippen LogP contribution in [0.1, 0.15) is 12.8 Å². The lowest BCUT2D eigenvalue weighted by Gasteiger charge is -2.08. The van der Waals surface area contributed by atoms with Crippen molar-refractivity contribution in [2.45, 2.75) is 12.8 Å². The monoisotopic (exact) mass is 259 g/mol.